The lowest BCUT2D eigenvalue weighted by Gasteiger charge is -2.29. The standard InChI is InChI=1S/C15H18FN3O.ClH/c16-12-3-1-11(2-4-12)15-18-14(10-20-15)9-19-7-5-13(17)6-8-19;/h1-4,10,13H,5-9,17H2;1H. The molecule has 4 nitrogen and oxygen atoms in total. The average Bonchev–Trinajstić information content (AvgIpc) is 2.91. The molecule has 0 radical (unpaired) electrons. The molecule has 0 aliphatic carbocycles. The minimum absolute atomic E-state index is 0. The van der Waals surface area contributed by atoms with Crippen molar-refractivity contribution in [3.05, 3.63) is 42.0 Å². The van der Waals surface area contributed by atoms with Crippen LogP contribution in [0.2, 0.25) is 0 Å². The molecule has 1 fully saturated rings. The molecule has 6 heteroatoms. The largest absolute Gasteiger partial charge is 0.444 e. The zero-order valence-corrected chi connectivity index (χ0v) is 12.5. The van der Waals surface area contributed by atoms with Crippen molar-refractivity contribution in [2.75, 3.05) is 13.1 Å². The summed E-state index contributed by atoms with van der Waals surface area (Å²) < 4.78 is 18.3. The van der Waals surface area contributed by atoms with Gasteiger partial charge in [0.25, 0.3) is 0 Å². The number of nitrogens with two attached hydrogens (primary N) is 1. The Morgan fingerprint density at radius 2 is 1.90 bits per heavy atom. The zero-order chi connectivity index (χ0) is 13.9. The lowest BCUT2D eigenvalue weighted by molar-refractivity contribution is 0.203. The van der Waals surface area contributed by atoms with Gasteiger partial charge >= 0.3 is 0 Å². The second-order valence-corrected chi connectivity index (χ2v) is 5.26. The summed E-state index contributed by atoms with van der Waals surface area (Å²) in [4.78, 5) is 6.79. The predicted molar refractivity (Wildman–Crippen MR) is 81.6 cm³/mol. The Kier molecular flexibility index (Phi) is 5.33. The van der Waals surface area contributed by atoms with Crippen LogP contribution in [0.5, 0.6) is 0 Å². The molecular formula is C15H19ClFN3O. The van der Waals surface area contributed by atoms with Crippen molar-refractivity contribution in [3.8, 4) is 11.5 Å². The number of aromatic nitrogens is 1. The van der Waals surface area contributed by atoms with Crippen molar-refractivity contribution in [3.63, 3.8) is 0 Å². The van der Waals surface area contributed by atoms with Crippen LogP contribution in [0.3, 0.4) is 0 Å². The minimum Gasteiger partial charge on any atom is -0.444 e. The number of oxazole rings is 1. The highest BCUT2D eigenvalue weighted by Crippen LogP contribution is 2.20. The second kappa shape index (κ2) is 7.02. The average molecular weight is 312 g/mol. The van der Waals surface area contributed by atoms with Gasteiger partial charge in [-0.2, -0.15) is 0 Å². The second-order valence-electron chi connectivity index (χ2n) is 5.26. The Balaban J connectivity index is 0.00000161. The van der Waals surface area contributed by atoms with Gasteiger partial charge in [-0.05, 0) is 37.1 Å². The van der Waals surface area contributed by atoms with Crippen molar-refractivity contribution in [1.82, 2.24) is 9.88 Å². The van der Waals surface area contributed by atoms with Crippen LogP contribution < -0.4 is 5.73 Å². The van der Waals surface area contributed by atoms with Crippen LogP contribution in [0.4, 0.5) is 4.39 Å². The minimum atomic E-state index is -0.259. The van der Waals surface area contributed by atoms with E-state index in [0.717, 1.165) is 43.7 Å². The Morgan fingerprint density at radius 3 is 2.57 bits per heavy atom. The molecule has 0 atom stereocenters. The number of nitrogens with zero attached hydrogens (tertiary/aromatic N) is 2. The normalized spacial score (nSPS) is 16.7. The summed E-state index contributed by atoms with van der Waals surface area (Å²) in [6.45, 7) is 2.78. The number of rotatable bonds is 3. The Hall–Kier alpha value is -1.43. The third-order valence-corrected chi connectivity index (χ3v) is 3.66. The molecule has 0 saturated carbocycles. The van der Waals surface area contributed by atoms with Gasteiger partial charge in [-0.1, -0.05) is 0 Å². The summed E-state index contributed by atoms with van der Waals surface area (Å²) >= 11 is 0. The molecule has 2 aromatic rings. The third kappa shape index (κ3) is 4.03. The van der Waals surface area contributed by atoms with Gasteiger partial charge in [-0.3, -0.25) is 4.90 Å². The Bertz CT molecular complexity index is 565. The van der Waals surface area contributed by atoms with Crippen molar-refractivity contribution in [2.45, 2.75) is 25.4 Å². The van der Waals surface area contributed by atoms with Gasteiger partial charge < -0.3 is 10.2 Å². The summed E-state index contributed by atoms with van der Waals surface area (Å²) in [6.07, 6.45) is 3.73. The molecule has 3 rings (SSSR count). The number of hydrogen-bond acceptors (Lipinski definition) is 4. The summed E-state index contributed by atoms with van der Waals surface area (Å²) in [7, 11) is 0. The van der Waals surface area contributed by atoms with E-state index in [0.29, 0.717) is 11.9 Å². The van der Waals surface area contributed by atoms with Crippen LogP contribution in [0.15, 0.2) is 34.9 Å². The number of halogens is 2. The van der Waals surface area contributed by atoms with Crippen molar-refractivity contribution >= 4 is 12.4 Å². The molecule has 0 unspecified atom stereocenters. The molecule has 2 N–H and O–H groups in total. The summed E-state index contributed by atoms with van der Waals surface area (Å²) in [5.41, 5.74) is 7.58. The first-order chi connectivity index (χ1) is 9.70. The van der Waals surface area contributed by atoms with Gasteiger partial charge in [0.15, 0.2) is 0 Å². The van der Waals surface area contributed by atoms with Gasteiger partial charge in [-0.15, -0.1) is 12.4 Å². The van der Waals surface area contributed by atoms with Crippen LogP contribution in [0, 0.1) is 5.82 Å². The van der Waals surface area contributed by atoms with Crippen LogP contribution in [0.25, 0.3) is 11.5 Å². The summed E-state index contributed by atoms with van der Waals surface area (Å²) in [5.74, 6) is 0.277. The molecule has 0 spiro atoms. The van der Waals surface area contributed by atoms with Gasteiger partial charge in [0.2, 0.25) is 5.89 Å². The molecular weight excluding hydrogens is 293 g/mol. The molecule has 21 heavy (non-hydrogen) atoms. The highest BCUT2D eigenvalue weighted by Gasteiger charge is 2.17. The van der Waals surface area contributed by atoms with E-state index in [9.17, 15) is 4.39 Å². The lowest BCUT2D eigenvalue weighted by atomic mass is 10.1. The number of hydrogen-bond donors (Lipinski definition) is 1. The Morgan fingerprint density at radius 1 is 1.24 bits per heavy atom. The molecule has 0 amide bonds. The van der Waals surface area contributed by atoms with Crippen LogP contribution in [-0.2, 0) is 6.54 Å². The predicted octanol–water partition coefficient (Wildman–Crippen LogP) is 2.83. The molecule has 1 aromatic carbocycles. The van der Waals surface area contributed by atoms with Crippen LogP contribution in [0.1, 0.15) is 18.5 Å². The molecule has 1 aliphatic heterocycles. The van der Waals surface area contributed by atoms with Crippen molar-refractivity contribution in [1.29, 1.82) is 0 Å². The maximum atomic E-state index is 12.9. The maximum Gasteiger partial charge on any atom is 0.226 e. The molecule has 1 aromatic heterocycles. The quantitative estimate of drug-likeness (QED) is 0.947. The van der Waals surface area contributed by atoms with E-state index in [4.69, 9.17) is 10.2 Å². The van der Waals surface area contributed by atoms with Gasteiger partial charge in [0, 0.05) is 31.2 Å². The number of likely N-dealkylation sites (tertiary alicyclic amines) is 1. The van der Waals surface area contributed by atoms with Gasteiger partial charge in [-0.25, -0.2) is 9.37 Å². The fourth-order valence-electron chi connectivity index (χ4n) is 2.44. The SMILES string of the molecule is Cl.NC1CCN(Cc2coc(-c3ccc(F)cc3)n2)CC1. The number of piperidine rings is 1. The fraction of sp³-hybridized carbons (Fsp3) is 0.400. The Labute approximate surface area is 129 Å². The van der Waals surface area contributed by atoms with E-state index in [-0.39, 0.29) is 18.2 Å². The zero-order valence-electron chi connectivity index (χ0n) is 11.7. The van der Waals surface area contributed by atoms with Crippen LogP contribution >= 0.6 is 12.4 Å². The van der Waals surface area contributed by atoms with E-state index < -0.39 is 0 Å². The first-order valence-corrected chi connectivity index (χ1v) is 6.89. The van der Waals surface area contributed by atoms with Crippen molar-refractivity contribution < 1.29 is 8.81 Å². The first-order valence-electron chi connectivity index (χ1n) is 6.89. The van der Waals surface area contributed by atoms with E-state index in [1.165, 1.54) is 12.1 Å². The maximum absolute atomic E-state index is 12.9. The molecule has 1 saturated heterocycles. The lowest BCUT2D eigenvalue weighted by Crippen LogP contribution is -2.39. The summed E-state index contributed by atoms with van der Waals surface area (Å²) in [5, 5.41) is 0. The van der Waals surface area contributed by atoms with Crippen molar-refractivity contribution in [2.24, 2.45) is 5.73 Å². The highest BCUT2D eigenvalue weighted by molar-refractivity contribution is 5.85. The molecule has 1 aliphatic rings. The molecule has 2 heterocycles. The first kappa shape index (κ1) is 15.9. The number of benzene rings is 1. The summed E-state index contributed by atoms with van der Waals surface area (Å²) in [6, 6.07) is 6.49. The van der Waals surface area contributed by atoms with E-state index in [1.54, 1.807) is 18.4 Å². The van der Waals surface area contributed by atoms with Gasteiger partial charge in [0.1, 0.15) is 12.1 Å². The fourth-order valence-corrected chi connectivity index (χ4v) is 2.44. The van der Waals surface area contributed by atoms with E-state index in [2.05, 4.69) is 9.88 Å². The van der Waals surface area contributed by atoms with Crippen LogP contribution in [-0.4, -0.2) is 29.0 Å². The topological polar surface area (TPSA) is 55.3 Å². The monoisotopic (exact) mass is 311 g/mol. The molecule has 0 bridgehead atoms. The van der Waals surface area contributed by atoms with E-state index >= 15 is 0 Å². The highest BCUT2D eigenvalue weighted by atomic mass is 35.5. The van der Waals surface area contributed by atoms with Gasteiger partial charge in [0.05, 0.1) is 5.69 Å². The third-order valence-electron chi connectivity index (χ3n) is 3.66. The smallest absolute Gasteiger partial charge is 0.226 e. The molecule has 114 valence electrons. The van der Waals surface area contributed by atoms with E-state index in [1.807, 2.05) is 0 Å².